The molecule has 3 N–H and O–H groups in total. The lowest BCUT2D eigenvalue weighted by molar-refractivity contribution is -0.116. The zero-order valence-corrected chi connectivity index (χ0v) is 15.9. The number of amides is 3. The normalized spacial score (nSPS) is 17.5. The second-order valence-corrected chi connectivity index (χ2v) is 6.94. The fourth-order valence-electron chi connectivity index (χ4n) is 3.07. The van der Waals surface area contributed by atoms with E-state index in [9.17, 15) is 9.59 Å². The summed E-state index contributed by atoms with van der Waals surface area (Å²) in [4.78, 5) is 30.2. The van der Waals surface area contributed by atoms with Crippen molar-refractivity contribution >= 4 is 17.8 Å². The minimum Gasteiger partial charge on any atom is -0.338 e. The summed E-state index contributed by atoms with van der Waals surface area (Å²) in [6.07, 6.45) is 6.73. The Morgan fingerprint density at radius 2 is 2.04 bits per heavy atom. The van der Waals surface area contributed by atoms with Gasteiger partial charge >= 0.3 is 6.03 Å². The van der Waals surface area contributed by atoms with Gasteiger partial charge in [0, 0.05) is 38.3 Å². The second-order valence-electron chi connectivity index (χ2n) is 6.94. The first kappa shape index (κ1) is 20.2. The molecular weight excluding hydrogens is 330 g/mol. The van der Waals surface area contributed by atoms with Gasteiger partial charge in [0.1, 0.15) is 5.82 Å². The average molecular weight is 361 g/mol. The van der Waals surface area contributed by atoms with Crippen LogP contribution in [0.3, 0.4) is 0 Å². The number of carbonyl (C=O) groups is 2. The molecule has 3 amide bonds. The van der Waals surface area contributed by atoms with Gasteiger partial charge in [-0.05, 0) is 51.3 Å². The van der Waals surface area contributed by atoms with Crippen molar-refractivity contribution in [3.05, 3.63) is 23.9 Å². The average Bonchev–Trinajstić information content (AvgIpc) is 2.62. The van der Waals surface area contributed by atoms with Crippen molar-refractivity contribution in [1.29, 1.82) is 0 Å². The van der Waals surface area contributed by atoms with Crippen molar-refractivity contribution in [2.45, 2.75) is 52.0 Å². The number of hydrogen-bond acceptors (Lipinski definition) is 4. The van der Waals surface area contributed by atoms with Crippen LogP contribution in [0.1, 0.15) is 44.6 Å². The van der Waals surface area contributed by atoms with Gasteiger partial charge in [0.15, 0.2) is 0 Å². The predicted octanol–water partition coefficient (Wildman–Crippen LogP) is 2.28. The van der Waals surface area contributed by atoms with Gasteiger partial charge in [-0.3, -0.25) is 4.79 Å². The van der Waals surface area contributed by atoms with E-state index >= 15 is 0 Å². The number of likely N-dealkylation sites (tertiary alicyclic amines) is 1. The number of nitrogens with zero attached hydrogens (tertiary/aromatic N) is 2. The summed E-state index contributed by atoms with van der Waals surface area (Å²) < 4.78 is 0. The van der Waals surface area contributed by atoms with Gasteiger partial charge < -0.3 is 20.9 Å². The number of aryl methyl sites for hydroxylation is 1. The molecule has 1 saturated heterocycles. The zero-order valence-electron chi connectivity index (χ0n) is 15.9. The molecule has 0 saturated carbocycles. The molecule has 0 spiro atoms. The van der Waals surface area contributed by atoms with E-state index in [-0.39, 0.29) is 18.4 Å². The molecule has 7 heteroatoms. The highest BCUT2D eigenvalue weighted by atomic mass is 16.2. The first-order valence-corrected chi connectivity index (χ1v) is 9.53. The van der Waals surface area contributed by atoms with Gasteiger partial charge in [-0.1, -0.05) is 12.5 Å². The fraction of sp³-hybridized carbons (Fsp3) is 0.632. The highest BCUT2D eigenvalue weighted by Gasteiger charge is 2.17. The Bertz CT molecular complexity index is 576. The molecule has 144 valence electrons. The summed E-state index contributed by atoms with van der Waals surface area (Å²) in [5, 5.41) is 8.27. The Kier molecular flexibility index (Phi) is 8.34. The number of piperidine rings is 1. The zero-order chi connectivity index (χ0) is 18.8. The van der Waals surface area contributed by atoms with Crippen LogP contribution in [0.25, 0.3) is 0 Å². The maximum atomic E-state index is 11.8. The molecule has 1 aliphatic rings. The van der Waals surface area contributed by atoms with Crippen LogP contribution in [0.2, 0.25) is 0 Å². The van der Waals surface area contributed by atoms with Crippen molar-refractivity contribution in [3.63, 3.8) is 0 Å². The van der Waals surface area contributed by atoms with E-state index in [2.05, 4.69) is 32.8 Å². The molecule has 0 aromatic carbocycles. The third-order valence-corrected chi connectivity index (χ3v) is 4.66. The number of rotatable bonds is 8. The third-order valence-electron chi connectivity index (χ3n) is 4.66. The number of pyridine rings is 1. The lowest BCUT2D eigenvalue weighted by Crippen LogP contribution is -2.41. The minimum atomic E-state index is -0.224. The Hall–Kier alpha value is -2.15. The summed E-state index contributed by atoms with van der Waals surface area (Å²) in [7, 11) is 0. The lowest BCUT2D eigenvalue weighted by atomic mass is 10.0. The van der Waals surface area contributed by atoms with Crippen LogP contribution in [-0.2, 0) is 4.79 Å². The monoisotopic (exact) mass is 361 g/mol. The summed E-state index contributed by atoms with van der Waals surface area (Å²) >= 11 is 0. The summed E-state index contributed by atoms with van der Waals surface area (Å²) in [6, 6.07) is 4.08. The second kappa shape index (κ2) is 10.8. The molecule has 1 atom stereocenters. The molecule has 1 unspecified atom stereocenters. The molecule has 7 nitrogen and oxygen atoms in total. The van der Waals surface area contributed by atoms with Crippen molar-refractivity contribution in [3.8, 4) is 0 Å². The Morgan fingerprint density at radius 3 is 2.77 bits per heavy atom. The largest absolute Gasteiger partial charge is 0.338 e. The molecule has 0 radical (unpaired) electrons. The molecule has 0 aliphatic carbocycles. The van der Waals surface area contributed by atoms with E-state index < -0.39 is 0 Å². The van der Waals surface area contributed by atoms with Crippen molar-refractivity contribution in [2.24, 2.45) is 0 Å². The smallest absolute Gasteiger partial charge is 0.314 e. The first-order chi connectivity index (χ1) is 12.5. The molecule has 2 rings (SSSR count). The van der Waals surface area contributed by atoms with E-state index in [1.165, 1.54) is 19.3 Å². The third kappa shape index (κ3) is 7.39. The molecule has 0 bridgehead atoms. The van der Waals surface area contributed by atoms with Gasteiger partial charge in [-0.15, -0.1) is 0 Å². The first-order valence-electron chi connectivity index (χ1n) is 9.53. The van der Waals surface area contributed by atoms with Gasteiger partial charge in [-0.2, -0.15) is 0 Å². The maximum Gasteiger partial charge on any atom is 0.314 e. The molecule has 1 aliphatic heterocycles. The van der Waals surface area contributed by atoms with Gasteiger partial charge in [0.25, 0.3) is 0 Å². The van der Waals surface area contributed by atoms with Crippen LogP contribution < -0.4 is 16.0 Å². The molecule has 1 aromatic heterocycles. The number of urea groups is 1. The Morgan fingerprint density at radius 1 is 1.23 bits per heavy atom. The molecule has 26 heavy (non-hydrogen) atoms. The van der Waals surface area contributed by atoms with E-state index in [0.717, 1.165) is 25.1 Å². The summed E-state index contributed by atoms with van der Waals surface area (Å²) in [5.41, 5.74) is 1.04. The highest BCUT2D eigenvalue weighted by molar-refractivity contribution is 5.90. The summed E-state index contributed by atoms with van der Waals surface area (Å²) in [5.74, 6) is 0.359. The van der Waals surface area contributed by atoms with Gasteiger partial charge in [-0.25, -0.2) is 9.78 Å². The molecular formula is C19H31N5O2. The number of carbonyl (C=O) groups excluding carboxylic acids is 2. The van der Waals surface area contributed by atoms with E-state index in [1.807, 2.05) is 13.0 Å². The lowest BCUT2D eigenvalue weighted by Gasteiger charge is -2.33. The van der Waals surface area contributed by atoms with Crippen LogP contribution in [-0.4, -0.2) is 54.0 Å². The number of hydrogen-bond donors (Lipinski definition) is 3. The Balaban J connectivity index is 1.51. The predicted molar refractivity (Wildman–Crippen MR) is 103 cm³/mol. The number of aromatic nitrogens is 1. The van der Waals surface area contributed by atoms with E-state index in [0.29, 0.717) is 24.9 Å². The highest BCUT2D eigenvalue weighted by Crippen LogP contribution is 2.15. The number of anilines is 1. The maximum absolute atomic E-state index is 11.8. The van der Waals surface area contributed by atoms with Crippen LogP contribution >= 0.6 is 0 Å². The van der Waals surface area contributed by atoms with Crippen molar-refractivity contribution < 1.29 is 9.59 Å². The molecule has 1 aromatic rings. The van der Waals surface area contributed by atoms with Crippen LogP contribution in [0.5, 0.6) is 0 Å². The van der Waals surface area contributed by atoms with E-state index in [4.69, 9.17) is 0 Å². The quantitative estimate of drug-likeness (QED) is 0.620. The van der Waals surface area contributed by atoms with Crippen LogP contribution in [0.15, 0.2) is 18.3 Å². The fourth-order valence-corrected chi connectivity index (χ4v) is 3.07. The Labute approximate surface area is 155 Å². The van der Waals surface area contributed by atoms with Crippen molar-refractivity contribution in [2.75, 3.05) is 31.5 Å². The standard InChI is InChI=1S/C19H31N5O2/c1-15-7-8-17(22-14-15)23-18(25)9-11-21-19(26)20-10-5-13-24-12-4-3-6-16(24)2/h7-8,14,16H,3-6,9-13H2,1-2H3,(H2,20,21,26)(H,22,23,25). The van der Waals surface area contributed by atoms with Gasteiger partial charge in [0.05, 0.1) is 0 Å². The number of nitrogens with one attached hydrogen (secondary N) is 3. The van der Waals surface area contributed by atoms with Crippen LogP contribution in [0.4, 0.5) is 10.6 Å². The van der Waals surface area contributed by atoms with E-state index in [1.54, 1.807) is 12.3 Å². The minimum absolute atomic E-state index is 0.166. The van der Waals surface area contributed by atoms with Gasteiger partial charge in [0.2, 0.25) is 5.91 Å². The molecule has 1 fully saturated rings. The van der Waals surface area contributed by atoms with Crippen LogP contribution in [0, 0.1) is 6.92 Å². The van der Waals surface area contributed by atoms with Crippen molar-refractivity contribution in [1.82, 2.24) is 20.5 Å². The molecule has 2 heterocycles. The summed E-state index contributed by atoms with van der Waals surface area (Å²) in [6.45, 7) is 7.34. The topological polar surface area (TPSA) is 86.4 Å². The SMILES string of the molecule is Cc1ccc(NC(=O)CCNC(=O)NCCCN2CCCCC2C)nc1.